The Morgan fingerprint density at radius 1 is 0.933 bits per heavy atom. The number of carboxylic acids is 1. The zero-order chi connectivity index (χ0) is 22.8. The van der Waals surface area contributed by atoms with Crippen LogP contribution in [0, 0.1) is 0 Å². The number of rotatable bonds is 9. The van der Waals surface area contributed by atoms with Crippen molar-refractivity contribution in [3.8, 4) is 11.5 Å². The molecule has 7 nitrogen and oxygen atoms in total. The first-order valence-electron chi connectivity index (χ1n) is 9.59. The van der Waals surface area contributed by atoms with Crippen LogP contribution in [0.25, 0.3) is 0 Å². The van der Waals surface area contributed by atoms with Crippen molar-refractivity contribution in [3.63, 3.8) is 0 Å². The van der Waals surface area contributed by atoms with Crippen LogP contribution in [0.15, 0.2) is 61.2 Å². The monoisotopic (exact) mass is 416 g/mol. The van der Waals surface area contributed by atoms with Gasteiger partial charge in [0, 0.05) is 6.54 Å². The van der Waals surface area contributed by atoms with E-state index in [1.165, 1.54) is 18.6 Å². The molecule has 0 bridgehead atoms. The quantitative estimate of drug-likeness (QED) is 0.313. The van der Waals surface area contributed by atoms with Gasteiger partial charge in [0.05, 0.1) is 6.42 Å². The Balaban J connectivity index is 0.000000481. The predicted molar refractivity (Wildman–Crippen MR) is 119 cm³/mol. The third-order valence-electron chi connectivity index (χ3n) is 3.70. The summed E-state index contributed by atoms with van der Waals surface area (Å²) in [5.74, 6) is -0.199. The smallest absolute Gasteiger partial charge is 0.304 e. The van der Waals surface area contributed by atoms with Crippen molar-refractivity contribution in [1.82, 2.24) is 5.32 Å². The summed E-state index contributed by atoms with van der Waals surface area (Å²) in [5.41, 5.74) is 7.62. The number of hydrogen-bond acceptors (Lipinski definition) is 6. The highest BCUT2D eigenvalue weighted by molar-refractivity contribution is 5.86. The summed E-state index contributed by atoms with van der Waals surface area (Å²) in [4.78, 5) is 19.9. The molecule has 164 valence electrons. The number of aliphatic carboxylic acids is 1. The topological polar surface area (TPSA) is 133 Å². The van der Waals surface area contributed by atoms with Crippen molar-refractivity contribution >= 4 is 11.8 Å². The van der Waals surface area contributed by atoms with E-state index in [0.29, 0.717) is 18.8 Å². The minimum absolute atomic E-state index is 0.0185. The number of carbonyl (C=O) groups is 2. The number of benzene rings is 2. The summed E-state index contributed by atoms with van der Waals surface area (Å²) in [6, 6.07) is 14.1. The molecular weight excluding hydrogens is 384 g/mol. The first-order valence-corrected chi connectivity index (χ1v) is 9.59. The van der Waals surface area contributed by atoms with Crippen LogP contribution in [0.5, 0.6) is 11.5 Å². The molecule has 6 N–H and O–H groups in total. The van der Waals surface area contributed by atoms with E-state index in [0.717, 1.165) is 24.9 Å². The van der Waals surface area contributed by atoms with Crippen LogP contribution in [0.4, 0.5) is 0 Å². The van der Waals surface area contributed by atoms with Crippen molar-refractivity contribution in [1.29, 1.82) is 0 Å². The average molecular weight is 417 g/mol. The van der Waals surface area contributed by atoms with Gasteiger partial charge in [0.1, 0.15) is 11.5 Å². The van der Waals surface area contributed by atoms with E-state index in [1.54, 1.807) is 24.3 Å². The maximum absolute atomic E-state index is 10.2. The Kier molecular flexibility index (Phi) is 15.0. The lowest BCUT2D eigenvalue weighted by Gasteiger charge is -2.03. The van der Waals surface area contributed by atoms with Gasteiger partial charge in [-0.05, 0) is 74.3 Å². The summed E-state index contributed by atoms with van der Waals surface area (Å²) in [6.45, 7) is 6.57. The van der Waals surface area contributed by atoms with E-state index in [2.05, 4.69) is 11.9 Å². The van der Waals surface area contributed by atoms with Crippen molar-refractivity contribution < 1.29 is 24.9 Å². The maximum Gasteiger partial charge on any atom is 0.304 e. The number of ketones is 1. The van der Waals surface area contributed by atoms with Gasteiger partial charge in [-0.15, -0.1) is 0 Å². The molecule has 0 amide bonds. The van der Waals surface area contributed by atoms with Crippen LogP contribution < -0.4 is 11.1 Å². The van der Waals surface area contributed by atoms with Crippen LogP contribution in [-0.4, -0.2) is 46.7 Å². The average Bonchev–Trinajstić information content (AvgIpc) is 2.72. The van der Waals surface area contributed by atoms with Crippen molar-refractivity contribution in [2.24, 2.45) is 5.73 Å². The first kappa shape index (κ1) is 26.8. The Bertz CT molecular complexity index is 743. The number of allylic oxidation sites excluding steroid dienone is 1. The molecule has 0 aliphatic heterocycles. The first-order chi connectivity index (χ1) is 14.3. The van der Waals surface area contributed by atoms with Crippen LogP contribution in [0.2, 0.25) is 0 Å². The van der Waals surface area contributed by atoms with E-state index >= 15 is 0 Å². The summed E-state index contributed by atoms with van der Waals surface area (Å²) < 4.78 is 0. The number of aromatic hydroxyl groups is 2. The van der Waals surface area contributed by atoms with Gasteiger partial charge in [0.25, 0.3) is 0 Å². The highest BCUT2D eigenvalue weighted by Gasteiger charge is 1.96. The summed E-state index contributed by atoms with van der Waals surface area (Å²) in [5, 5.41) is 29.4. The highest BCUT2D eigenvalue weighted by Crippen LogP contribution is 2.10. The van der Waals surface area contributed by atoms with E-state index in [9.17, 15) is 9.59 Å². The molecule has 2 aromatic rings. The van der Waals surface area contributed by atoms with Gasteiger partial charge in [-0.3, -0.25) is 9.59 Å². The molecule has 7 heteroatoms. The largest absolute Gasteiger partial charge is 0.508 e. The fourth-order valence-electron chi connectivity index (χ4n) is 2.04. The van der Waals surface area contributed by atoms with Crippen LogP contribution in [-0.2, 0) is 22.4 Å². The molecule has 0 saturated heterocycles. The molecule has 30 heavy (non-hydrogen) atoms. The fraction of sp³-hybridized carbons (Fsp3) is 0.304. The molecule has 0 radical (unpaired) electrons. The van der Waals surface area contributed by atoms with Crippen LogP contribution in [0.1, 0.15) is 24.5 Å². The minimum Gasteiger partial charge on any atom is -0.508 e. The predicted octanol–water partition coefficient (Wildman–Crippen LogP) is 2.65. The molecule has 0 spiro atoms. The zero-order valence-electron chi connectivity index (χ0n) is 17.4. The van der Waals surface area contributed by atoms with E-state index in [-0.39, 0.29) is 18.0 Å². The molecule has 0 aliphatic rings. The second-order valence-corrected chi connectivity index (χ2v) is 6.33. The van der Waals surface area contributed by atoms with Gasteiger partial charge < -0.3 is 26.4 Å². The summed E-state index contributed by atoms with van der Waals surface area (Å²) in [7, 11) is 0. The normalized spacial score (nSPS) is 9.40. The van der Waals surface area contributed by atoms with Gasteiger partial charge >= 0.3 is 5.97 Å². The standard InChI is InChI=1S/C11H15NO3.C8H11NO.C4H6O/c13-10-3-1-9(2-4-10)5-7-12-8-6-11(14)15;9-6-5-7-1-3-8(10)4-2-7;1-3-4(2)5/h1-4,12-13H,5-8H2,(H,14,15);1-4,10H,5-6,9H2;3H,1H2,2H3. The van der Waals surface area contributed by atoms with Crippen LogP contribution >= 0.6 is 0 Å². The lowest BCUT2D eigenvalue weighted by atomic mass is 10.1. The highest BCUT2D eigenvalue weighted by atomic mass is 16.4. The second-order valence-electron chi connectivity index (χ2n) is 6.33. The van der Waals surface area contributed by atoms with E-state index in [1.807, 2.05) is 24.3 Å². The summed E-state index contributed by atoms with van der Waals surface area (Å²) in [6.07, 6.45) is 3.13. The number of carbonyl (C=O) groups excluding carboxylic acids is 1. The van der Waals surface area contributed by atoms with Crippen LogP contribution in [0.3, 0.4) is 0 Å². The fourth-order valence-corrected chi connectivity index (χ4v) is 2.04. The Morgan fingerprint density at radius 3 is 1.73 bits per heavy atom. The second kappa shape index (κ2) is 16.8. The minimum atomic E-state index is -0.785. The van der Waals surface area contributed by atoms with Gasteiger partial charge in [0.2, 0.25) is 0 Å². The Labute approximate surface area is 177 Å². The van der Waals surface area contributed by atoms with Crippen molar-refractivity contribution in [3.05, 3.63) is 72.3 Å². The number of hydrogen-bond donors (Lipinski definition) is 5. The number of carboxylic acid groups (broad SMARTS) is 1. The zero-order valence-corrected chi connectivity index (χ0v) is 17.4. The number of nitrogens with one attached hydrogen (secondary N) is 1. The molecule has 2 rings (SSSR count). The molecule has 0 heterocycles. The number of nitrogens with two attached hydrogens (primary N) is 1. The third kappa shape index (κ3) is 15.9. The van der Waals surface area contributed by atoms with Crippen molar-refractivity contribution in [2.75, 3.05) is 19.6 Å². The third-order valence-corrected chi connectivity index (χ3v) is 3.70. The van der Waals surface area contributed by atoms with Crippen molar-refractivity contribution in [2.45, 2.75) is 26.2 Å². The number of phenols is 2. The molecule has 0 fully saturated rings. The Hall–Kier alpha value is -3.16. The SMILES string of the molecule is C=CC(C)=O.NCCc1ccc(O)cc1.O=C(O)CCNCCc1ccc(O)cc1. The van der Waals surface area contributed by atoms with Gasteiger partial charge in [-0.1, -0.05) is 30.8 Å². The molecule has 0 aliphatic carbocycles. The lowest BCUT2D eigenvalue weighted by molar-refractivity contribution is -0.136. The molecule has 0 unspecified atom stereocenters. The lowest BCUT2D eigenvalue weighted by Crippen LogP contribution is -2.20. The molecule has 0 saturated carbocycles. The van der Waals surface area contributed by atoms with Gasteiger partial charge in [-0.2, -0.15) is 0 Å². The number of phenolic OH excluding ortho intramolecular Hbond substituents is 2. The molecular formula is C23H32N2O5. The van der Waals surface area contributed by atoms with E-state index < -0.39 is 5.97 Å². The molecule has 0 aromatic heterocycles. The molecule has 2 aromatic carbocycles. The molecule has 0 atom stereocenters. The summed E-state index contributed by atoms with van der Waals surface area (Å²) >= 11 is 0. The van der Waals surface area contributed by atoms with Gasteiger partial charge in [0.15, 0.2) is 5.78 Å². The van der Waals surface area contributed by atoms with E-state index in [4.69, 9.17) is 21.1 Å². The Morgan fingerprint density at radius 2 is 1.37 bits per heavy atom. The van der Waals surface area contributed by atoms with Gasteiger partial charge in [-0.25, -0.2) is 0 Å². The maximum atomic E-state index is 10.2.